The highest BCUT2D eigenvalue weighted by Crippen LogP contribution is 2.79. The van der Waals surface area contributed by atoms with Crippen LogP contribution in [0, 0.1) is 68.0 Å². The number of Topliss-reactive ketones (excluding diaryl/α,β-unsaturated/α-hetero) is 1. The summed E-state index contributed by atoms with van der Waals surface area (Å²) in [7, 11) is 0. The summed E-state index contributed by atoms with van der Waals surface area (Å²) in [5, 5.41) is 18.2. The van der Waals surface area contributed by atoms with E-state index in [0.717, 1.165) is 61.7 Å². The maximum absolute atomic E-state index is 14.5. The van der Waals surface area contributed by atoms with Crippen molar-refractivity contribution in [3.05, 3.63) is 81.9 Å². The highest BCUT2D eigenvalue weighted by molar-refractivity contribution is 6.30. The first kappa shape index (κ1) is 47.5. The number of esters is 1. The zero-order valence-corrected chi connectivity index (χ0v) is 41.5. The van der Waals surface area contributed by atoms with Gasteiger partial charge in [0.25, 0.3) is 5.91 Å². The number of ketones is 1. The van der Waals surface area contributed by atoms with Gasteiger partial charge in [0.1, 0.15) is 12.1 Å². The molecular weight excluding hydrogens is 836 g/mol. The third-order valence-corrected chi connectivity index (χ3v) is 20.2. The lowest BCUT2D eigenvalue weighted by atomic mass is 9.30. The third-order valence-electron chi connectivity index (χ3n) is 19.9. The molecule has 0 aliphatic heterocycles. The molecule has 0 saturated heterocycles. The van der Waals surface area contributed by atoms with E-state index in [9.17, 15) is 29.1 Å². The van der Waals surface area contributed by atoms with Gasteiger partial charge >= 0.3 is 11.9 Å². The number of fused-ring (bicyclic) bond motifs is 7. The first-order valence-electron chi connectivity index (χ1n) is 24.4. The average Bonchev–Trinajstić information content (AvgIpc) is 3.52. The van der Waals surface area contributed by atoms with E-state index in [1.165, 1.54) is 0 Å². The number of carbonyl (C=O) groups excluding carboxylic acids is 4. The molecule has 10 heteroatoms. The molecule has 2 aromatic carbocycles. The summed E-state index contributed by atoms with van der Waals surface area (Å²) in [4.78, 5) is 69.6. The van der Waals surface area contributed by atoms with Crippen molar-refractivity contribution in [1.29, 1.82) is 0 Å². The van der Waals surface area contributed by atoms with Crippen molar-refractivity contribution in [3.63, 3.8) is 0 Å². The van der Waals surface area contributed by atoms with Crippen molar-refractivity contribution in [3.8, 4) is 0 Å². The second-order valence-corrected chi connectivity index (χ2v) is 24.5. The SMILES string of the molecule is CC(C)C1=C2[C@H]3CC[C@@H]4[C@]5(C)CC[C@H]([C@@]6(C(=O)O)C[C@@H](C(=O)OCc7ccccc7)C6(C)C)C(C)(C)[C@H]5CC[C@@]4(C)[C@]3(C)CC[C@@]2(NC(=O)C(C)(C)NC(=O)c2ccc(Cl)cc2)CC1=O. The minimum Gasteiger partial charge on any atom is -0.481 e. The number of allylic oxidation sites excluding steroid dienone is 1. The standard InChI is InChI=1S/C55H73ClN2O7/c1-32(2)42-38(59)30-54(58-46(62)50(7,8)57-44(60)34-17-19-35(56)20-18-34)28-27-52(10)36(43(42)54)21-22-41-51(9)25-23-40(48(3,4)39(51)24-26-53(41,52)11)55(47(63)64)29-37(49(55,5)6)45(61)65-31-33-15-13-12-14-16-33/h12-20,32,36-37,39-41H,21-31H2,1-11H3,(H,57,60)(H,58,62)(H,63,64)/t36-,37+,39-,40+,41-,51-,52-,53-,54-,55-/m1/s1. The van der Waals surface area contributed by atoms with Crippen molar-refractivity contribution in [1.82, 2.24) is 10.6 Å². The predicted octanol–water partition coefficient (Wildman–Crippen LogP) is 11.2. The summed E-state index contributed by atoms with van der Waals surface area (Å²) in [5.74, 6) is -1.52. The summed E-state index contributed by atoms with van der Waals surface area (Å²) in [6, 6.07) is 16.2. The number of hydrogen-bond acceptors (Lipinski definition) is 6. The molecule has 0 bridgehead atoms. The normalized spacial score (nSPS) is 36.9. The number of aliphatic carboxylic acids is 1. The van der Waals surface area contributed by atoms with Gasteiger partial charge in [-0.1, -0.05) is 104 Å². The molecule has 8 rings (SSSR count). The minimum atomic E-state index is -1.26. The van der Waals surface area contributed by atoms with Crippen LogP contribution in [0.15, 0.2) is 65.7 Å². The lowest BCUT2D eigenvalue weighted by molar-refractivity contribution is -0.261. The average molecular weight is 910 g/mol. The Kier molecular flexibility index (Phi) is 11.6. The summed E-state index contributed by atoms with van der Waals surface area (Å²) in [6.07, 6.45) is 7.62. The largest absolute Gasteiger partial charge is 0.481 e. The monoisotopic (exact) mass is 909 g/mol. The number of amides is 2. The van der Waals surface area contributed by atoms with Gasteiger partial charge in [0.2, 0.25) is 5.91 Å². The van der Waals surface area contributed by atoms with E-state index < -0.39 is 33.8 Å². The second kappa shape index (κ2) is 15.8. The van der Waals surface area contributed by atoms with Crippen LogP contribution in [0.4, 0.5) is 0 Å². The summed E-state index contributed by atoms with van der Waals surface area (Å²) < 4.78 is 5.84. The molecule has 5 fully saturated rings. The van der Waals surface area contributed by atoms with Crippen molar-refractivity contribution in [2.24, 2.45) is 68.0 Å². The Morgan fingerprint density at radius 1 is 0.815 bits per heavy atom. The number of hydrogen-bond donors (Lipinski definition) is 3. The van der Waals surface area contributed by atoms with E-state index in [0.29, 0.717) is 22.9 Å². The maximum atomic E-state index is 14.5. The molecule has 9 nitrogen and oxygen atoms in total. The van der Waals surface area contributed by atoms with Crippen LogP contribution in [0.2, 0.25) is 5.02 Å². The van der Waals surface area contributed by atoms with Crippen LogP contribution in [0.5, 0.6) is 0 Å². The number of halogens is 1. The predicted molar refractivity (Wildman–Crippen MR) is 253 cm³/mol. The number of benzene rings is 2. The summed E-state index contributed by atoms with van der Waals surface area (Å²) in [6.45, 7) is 24.0. The Morgan fingerprint density at radius 2 is 1.46 bits per heavy atom. The first-order chi connectivity index (χ1) is 30.2. The molecule has 0 spiro atoms. The van der Waals surface area contributed by atoms with Gasteiger partial charge in [-0.05, 0) is 169 Å². The zero-order chi connectivity index (χ0) is 47.5. The highest BCUT2D eigenvalue weighted by atomic mass is 35.5. The first-order valence-corrected chi connectivity index (χ1v) is 24.7. The van der Waals surface area contributed by atoms with Gasteiger partial charge in [0.05, 0.1) is 16.9 Å². The van der Waals surface area contributed by atoms with E-state index in [-0.39, 0.29) is 88.3 Å². The van der Waals surface area contributed by atoms with Crippen molar-refractivity contribution < 1.29 is 33.8 Å². The van der Waals surface area contributed by atoms with Gasteiger partial charge in [-0.15, -0.1) is 0 Å². The van der Waals surface area contributed by atoms with Crippen LogP contribution in [0.1, 0.15) is 156 Å². The van der Waals surface area contributed by atoms with Gasteiger partial charge in [-0.3, -0.25) is 24.0 Å². The van der Waals surface area contributed by atoms with Crippen LogP contribution in [0.25, 0.3) is 0 Å². The van der Waals surface area contributed by atoms with Crippen LogP contribution >= 0.6 is 11.6 Å². The fraction of sp³-hybridized carbons (Fsp3) is 0.655. The molecule has 6 aliphatic rings. The maximum Gasteiger partial charge on any atom is 0.310 e. The number of ether oxygens (including phenoxy) is 1. The smallest absolute Gasteiger partial charge is 0.310 e. The quantitative estimate of drug-likeness (QED) is 0.202. The molecule has 2 amide bonds. The van der Waals surface area contributed by atoms with E-state index in [1.807, 2.05) is 44.2 Å². The fourth-order valence-electron chi connectivity index (χ4n) is 16.4. The molecule has 352 valence electrons. The van der Waals surface area contributed by atoms with E-state index in [2.05, 4.69) is 59.1 Å². The molecule has 0 unspecified atom stereocenters. The van der Waals surface area contributed by atoms with Crippen LogP contribution in [-0.2, 0) is 30.5 Å². The van der Waals surface area contributed by atoms with Crippen LogP contribution in [0.3, 0.4) is 0 Å². The molecule has 5 saturated carbocycles. The highest BCUT2D eigenvalue weighted by Gasteiger charge is 2.76. The fourth-order valence-corrected chi connectivity index (χ4v) is 16.5. The van der Waals surface area contributed by atoms with Gasteiger partial charge in [0.15, 0.2) is 5.78 Å². The lowest BCUT2D eigenvalue weighted by Gasteiger charge is -2.74. The van der Waals surface area contributed by atoms with Crippen LogP contribution < -0.4 is 10.6 Å². The Hall–Kier alpha value is -3.98. The summed E-state index contributed by atoms with van der Waals surface area (Å²) >= 11 is 6.08. The molecule has 6 aliphatic carbocycles. The number of nitrogens with one attached hydrogen (secondary N) is 2. The molecule has 0 radical (unpaired) electrons. The second-order valence-electron chi connectivity index (χ2n) is 24.1. The molecular formula is C55H73ClN2O7. The molecule has 65 heavy (non-hydrogen) atoms. The van der Waals surface area contributed by atoms with Gasteiger partial charge in [-0.25, -0.2) is 0 Å². The van der Waals surface area contributed by atoms with Crippen molar-refractivity contribution in [2.45, 2.75) is 158 Å². The van der Waals surface area contributed by atoms with Gasteiger partial charge in [-0.2, -0.15) is 0 Å². The molecule has 0 heterocycles. The Labute approximate surface area is 392 Å². The molecule has 0 aromatic heterocycles. The molecule has 3 N–H and O–H groups in total. The van der Waals surface area contributed by atoms with E-state index >= 15 is 0 Å². The summed E-state index contributed by atoms with van der Waals surface area (Å²) in [5.41, 5.74) is -1.19. The zero-order valence-electron chi connectivity index (χ0n) is 40.7. The Bertz CT molecular complexity index is 2320. The van der Waals surface area contributed by atoms with Crippen LogP contribution in [-0.4, -0.2) is 45.7 Å². The number of rotatable bonds is 10. The number of carbonyl (C=O) groups is 5. The van der Waals surface area contributed by atoms with Crippen molar-refractivity contribution >= 4 is 41.1 Å². The van der Waals surface area contributed by atoms with Gasteiger partial charge in [0, 0.05) is 17.0 Å². The molecule has 2 aromatic rings. The van der Waals surface area contributed by atoms with Gasteiger partial charge < -0.3 is 20.5 Å². The van der Waals surface area contributed by atoms with E-state index in [4.69, 9.17) is 16.3 Å². The Morgan fingerprint density at radius 3 is 2.08 bits per heavy atom. The van der Waals surface area contributed by atoms with Crippen molar-refractivity contribution in [2.75, 3.05) is 0 Å². The lowest BCUT2D eigenvalue weighted by Crippen LogP contribution is -2.71. The topological polar surface area (TPSA) is 139 Å². The third kappa shape index (κ3) is 6.91. The van der Waals surface area contributed by atoms with E-state index in [1.54, 1.807) is 38.1 Å². The number of carboxylic acid groups (broad SMARTS) is 1. The number of carboxylic acids is 1. The minimum absolute atomic E-state index is 0.00580. The Balaban J connectivity index is 1.05. The molecule has 10 atom stereocenters.